The summed E-state index contributed by atoms with van der Waals surface area (Å²) in [5.41, 5.74) is 2.38. The fourth-order valence-electron chi connectivity index (χ4n) is 3.15. The van der Waals surface area contributed by atoms with Crippen molar-refractivity contribution in [2.24, 2.45) is 11.8 Å². The Morgan fingerprint density at radius 1 is 1.38 bits per heavy atom. The first-order valence-corrected chi connectivity index (χ1v) is 8.77. The lowest BCUT2D eigenvalue weighted by Gasteiger charge is -2.31. The van der Waals surface area contributed by atoms with Gasteiger partial charge in [-0.25, -0.2) is 0 Å². The van der Waals surface area contributed by atoms with Crippen LogP contribution in [0.1, 0.15) is 42.6 Å². The van der Waals surface area contributed by atoms with Crippen molar-refractivity contribution in [3.8, 4) is 0 Å². The minimum absolute atomic E-state index is 0.0172. The summed E-state index contributed by atoms with van der Waals surface area (Å²) in [6.45, 7) is 8.30. The standard InChI is InChI=1S/C19H29N3O2/c1-13-6-5-9-22(12-13)19(24)16-7-8-17(14(2)10-16)21-18(23)15(3)11-20-4/h7-8,10,13,15,20H,5-6,9,11-12H2,1-4H3,(H,21,23). The Kier molecular flexibility index (Phi) is 6.37. The molecular weight excluding hydrogens is 302 g/mol. The van der Waals surface area contributed by atoms with Crippen LogP contribution in [0.4, 0.5) is 5.69 Å². The zero-order chi connectivity index (χ0) is 17.7. The molecule has 2 rings (SSSR count). The Labute approximate surface area is 144 Å². The highest BCUT2D eigenvalue weighted by atomic mass is 16.2. The number of benzene rings is 1. The number of amides is 2. The average molecular weight is 331 g/mol. The van der Waals surface area contributed by atoms with Gasteiger partial charge in [-0.1, -0.05) is 13.8 Å². The molecule has 1 aromatic rings. The second-order valence-electron chi connectivity index (χ2n) is 6.98. The van der Waals surface area contributed by atoms with E-state index < -0.39 is 0 Å². The van der Waals surface area contributed by atoms with E-state index in [2.05, 4.69) is 17.6 Å². The van der Waals surface area contributed by atoms with Crippen molar-refractivity contribution in [2.75, 3.05) is 32.0 Å². The van der Waals surface area contributed by atoms with Gasteiger partial charge in [-0.2, -0.15) is 0 Å². The van der Waals surface area contributed by atoms with Gasteiger partial charge in [-0.3, -0.25) is 9.59 Å². The number of carbonyl (C=O) groups excluding carboxylic acids is 2. The first kappa shape index (κ1) is 18.5. The molecule has 0 bridgehead atoms. The molecule has 0 spiro atoms. The van der Waals surface area contributed by atoms with Crippen molar-refractivity contribution >= 4 is 17.5 Å². The molecule has 1 aliphatic heterocycles. The SMILES string of the molecule is CNCC(C)C(=O)Nc1ccc(C(=O)N2CCCC(C)C2)cc1C. The Morgan fingerprint density at radius 2 is 2.12 bits per heavy atom. The van der Waals surface area contributed by atoms with E-state index in [1.165, 1.54) is 6.42 Å². The molecule has 0 aliphatic carbocycles. The van der Waals surface area contributed by atoms with Gasteiger partial charge in [0.25, 0.3) is 5.91 Å². The van der Waals surface area contributed by atoms with Gasteiger partial charge in [0.05, 0.1) is 0 Å². The quantitative estimate of drug-likeness (QED) is 0.872. The van der Waals surface area contributed by atoms with Crippen molar-refractivity contribution < 1.29 is 9.59 Å². The van der Waals surface area contributed by atoms with Gasteiger partial charge in [0, 0.05) is 36.8 Å². The van der Waals surface area contributed by atoms with Crippen LogP contribution in [0.3, 0.4) is 0 Å². The molecule has 5 heteroatoms. The first-order valence-electron chi connectivity index (χ1n) is 8.77. The summed E-state index contributed by atoms with van der Waals surface area (Å²) >= 11 is 0. The number of anilines is 1. The summed E-state index contributed by atoms with van der Waals surface area (Å²) in [7, 11) is 1.83. The Balaban J connectivity index is 2.06. The summed E-state index contributed by atoms with van der Waals surface area (Å²) in [4.78, 5) is 26.7. The second-order valence-corrected chi connectivity index (χ2v) is 6.98. The highest BCUT2D eigenvalue weighted by molar-refractivity contribution is 5.97. The number of piperidine rings is 1. The minimum atomic E-state index is -0.106. The normalized spacial score (nSPS) is 19.0. The molecule has 1 aliphatic rings. The molecule has 24 heavy (non-hydrogen) atoms. The van der Waals surface area contributed by atoms with Crippen LogP contribution in [-0.2, 0) is 4.79 Å². The lowest BCUT2D eigenvalue weighted by Crippen LogP contribution is -2.39. The number of rotatable bonds is 5. The van der Waals surface area contributed by atoms with E-state index in [1.807, 2.05) is 44.0 Å². The van der Waals surface area contributed by atoms with Crippen molar-refractivity contribution in [2.45, 2.75) is 33.6 Å². The van der Waals surface area contributed by atoms with Gasteiger partial charge in [0.1, 0.15) is 0 Å². The van der Waals surface area contributed by atoms with Crippen LogP contribution in [0.2, 0.25) is 0 Å². The van der Waals surface area contributed by atoms with Crippen LogP contribution in [-0.4, -0.2) is 43.4 Å². The third-order valence-electron chi connectivity index (χ3n) is 4.63. The van der Waals surface area contributed by atoms with Crippen LogP contribution in [0, 0.1) is 18.8 Å². The molecule has 1 saturated heterocycles. The third kappa shape index (κ3) is 4.57. The lowest BCUT2D eigenvalue weighted by molar-refractivity contribution is -0.119. The van der Waals surface area contributed by atoms with E-state index >= 15 is 0 Å². The summed E-state index contributed by atoms with van der Waals surface area (Å²) in [5, 5.41) is 5.95. The van der Waals surface area contributed by atoms with Gasteiger partial charge in [0.2, 0.25) is 5.91 Å². The number of nitrogens with zero attached hydrogens (tertiary/aromatic N) is 1. The van der Waals surface area contributed by atoms with Crippen molar-refractivity contribution in [3.05, 3.63) is 29.3 Å². The highest BCUT2D eigenvalue weighted by Gasteiger charge is 2.22. The topological polar surface area (TPSA) is 61.4 Å². The lowest BCUT2D eigenvalue weighted by atomic mass is 9.99. The van der Waals surface area contributed by atoms with Crippen LogP contribution >= 0.6 is 0 Å². The van der Waals surface area contributed by atoms with E-state index in [-0.39, 0.29) is 17.7 Å². The Bertz CT molecular complexity index is 600. The first-order chi connectivity index (χ1) is 11.4. The van der Waals surface area contributed by atoms with Crippen LogP contribution in [0.5, 0.6) is 0 Å². The van der Waals surface area contributed by atoms with Crippen molar-refractivity contribution in [1.82, 2.24) is 10.2 Å². The van der Waals surface area contributed by atoms with E-state index in [0.717, 1.165) is 30.8 Å². The molecule has 2 N–H and O–H groups in total. The largest absolute Gasteiger partial charge is 0.338 e. The summed E-state index contributed by atoms with van der Waals surface area (Å²) < 4.78 is 0. The molecule has 2 unspecified atom stereocenters. The molecule has 0 aromatic heterocycles. The van der Waals surface area contributed by atoms with Gasteiger partial charge in [0.15, 0.2) is 0 Å². The number of aryl methyl sites for hydroxylation is 1. The van der Waals surface area contributed by atoms with Crippen molar-refractivity contribution in [1.29, 1.82) is 0 Å². The number of likely N-dealkylation sites (tertiary alicyclic amines) is 1. The number of hydrogen-bond acceptors (Lipinski definition) is 3. The van der Waals surface area contributed by atoms with E-state index in [0.29, 0.717) is 18.0 Å². The predicted molar refractivity (Wildman–Crippen MR) is 97.2 cm³/mol. The molecule has 1 heterocycles. The number of nitrogens with one attached hydrogen (secondary N) is 2. The van der Waals surface area contributed by atoms with Crippen molar-refractivity contribution in [3.63, 3.8) is 0 Å². The highest BCUT2D eigenvalue weighted by Crippen LogP contribution is 2.21. The number of carbonyl (C=O) groups is 2. The molecular formula is C19H29N3O2. The van der Waals surface area contributed by atoms with Crippen LogP contribution in [0.25, 0.3) is 0 Å². The molecule has 2 atom stereocenters. The molecule has 1 fully saturated rings. The van der Waals surface area contributed by atoms with Gasteiger partial charge >= 0.3 is 0 Å². The molecule has 0 saturated carbocycles. The maximum absolute atomic E-state index is 12.7. The van der Waals surface area contributed by atoms with Gasteiger partial charge in [-0.15, -0.1) is 0 Å². The van der Waals surface area contributed by atoms with E-state index in [4.69, 9.17) is 0 Å². The molecule has 2 amide bonds. The number of hydrogen-bond donors (Lipinski definition) is 2. The summed E-state index contributed by atoms with van der Waals surface area (Å²) in [6.07, 6.45) is 2.27. The Hall–Kier alpha value is -1.88. The third-order valence-corrected chi connectivity index (χ3v) is 4.63. The van der Waals surface area contributed by atoms with E-state index in [1.54, 1.807) is 0 Å². The van der Waals surface area contributed by atoms with Gasteiger partial charge < -0.3 is 15.5 Å². The molecule has 0 radical (unpaired) electrons. The summed E-state index contributed by atoms with van der Waals surface area (Å²) in [5.74, 6) is 0.532. The van der Waals surface area contributed by atoms with Crippen LogP contribution in [0.15, 0.2) is 18.2 Å². The fourth-order valence-corrected chi connectivity index (χ4v) is 3.15. The zero-order valence-corrected chi connectivity index (χ0v) is 15.2. The predicted octanol–water partition coefficient (Wildman–Crippen LogP) is 2.66. The zero-order valence-electron chi connectivity index (χ0n) is 15.2. The summed E-state index contributed by atoms with van der Waals surface area (Å²) in [6, 6.07) is 5.52. The molecule has 1 aromatic carbocycles. The molecule has 5 nitrogen and oxygen atoms in total. The fraction of sp³-hybridized carbons (Fsp3) is 0.579. The minimum Gasteiger partial charge on any atom is -0.338 e. The second kappa shape index (κ2) is 8.29. The van der Waals surface area contributed by atoms with Crippen LogP contribution < -0.4 is 10.6 Å². The Morgan fingerprint density at radius 3 is 2.75 bits per heavy atom. The smallest absolute Gasteiger partial charge is 0.253 e. The maximum Gasteiger partial charge on any atom is 0.253 e. The maximum atomic E-state index is 12.7. The molecule has 132 valence electrons. The average Bonchev–Trinajstić information content (AvgIpc) is 2.56. The van der Waals surface area contributed by atoms with E-state index in [9.17, 15) is 9.59 Å². The van der Waals surface area contributed by atoms with Gasteiger partial charge in [-0.05, 0) is 56.5 Å². The monoisotopic (exact) mass is 331 g/mol.